The largest absolute Gasteiger partial charge is 0.356 e. The Kier molecular flexibility index (Phi) is 6.68. The number of amides is 1. The Hall–Kier alpha value is 0.170. The van der Waals surface area contributed by atoms with Gasteiger partial charge >= 0.3 is 0 Å². The van der Waals surface area contributed by atoms with Crippen LogP contribution in [0.4, 0.5) is 0 Å². The molecule has 0 unspecified atom stereocenters. The second kappa shape index (κ2) is 6.60. The first kappa shape index (κ1) is 13.2. The predicted octanol–water partition coefficient (Wildman–Crippen LogP) is 2.69. The number of rotatable bonds is 6. The Balaban J connectivity index is 3.67. The summed E-state index contributed by atoms with van der Waals surface area (Å²) in [6.45, 7) is 7.02. The minimum atomic E-state index is 0.164. The molecule has 78 valence electrons. The Labute approximate surface area is 89.0 Å². The van der Waals surface area contributed by atoms with E-state index in [1.165, 1.54) is 0 Å². The van der Waals surface area contributed by atoms with Crippen LogP contribution in [0.25, 0.3) is 0 Å². The van der Waals surface area contributed by atoms with Crippen LogP contribution in [-0.4, -0.2) is 23.5 Å². The first-order valence-corrected chi connectivity index (χ1v) is 7.06. The second-order valence-corrected chi connectivity index (χ2v) is 6.57. The van der Waals surface area contributed by atoms with Gasteiger partial charge < -0.3 is 5.32 Å². The number of carbonyl (C=O) groups is 1. The van der Waals surface area contributed by atoms with Gasteiger partial charge in [0.1, 0.15) is 0 Å². The molecule has 0 aromatic heterocycles. The fourth-order valence-corrected chi connectivity index (χ4v) is 3.21. The highest BCUT2D eigenvalue weighted by Crippen LogP contribution is 2.36. The van der Waals surface area contributed by atoms with Gasteiger partial charge in [0, 0.05) is 17.7 Å². The van der Waals surface area contributed by atoms with Crippen molar-refractivity contribution in [1.29, 1.82) is 0 Å². The molecule has 4 heteroatoms. The van der Waals surface area contributed by atoms with Crippen molar-refractivity contribution in [2.75, 3.05) is 12.8 Å². The highest BCUT2D eigenvalue weighted by Gasteiger charge is 2.19. The maximum atomic E-state index is 11.2. The summed E-state index contributed by atoms with van der Waals surface area (Å²) in [5, 5.41) is 2.81. The Morgan fingerprint density at radius 1 is 1.46 bits per heavy atom. The summed E-state index contributed by atoms with van der Waals surface area (Å²) in [6.07, 6.45) is 3.64. The van der Waals surface area contributed by atoms with Crippen LogP contribution in [0.1, 0.15) is 33.6 Å². The van der Waals surface area contributed by atoms with Crippen LogP contribution in [0.15, 0.2) is 0 Å². The SMILES string of the molecule is CCNC(=O)CCC(C)(C)SSC. The summed E-state index contributed by atoms with van der Waals surface area (Å²) in [7, 11) is 3.59. The molecule has 0 bridgehead atoms. The van der Waals surface area contributed by atoms with E-state index < -0.39 is 0 Å². The van der Waals surface area contributed by atoms with Crippen LogP contribution >= 0.6 is 21.6 Å². The van der Waals surface area contributed by atoms with Crippen LogP contribution in [0, 0.1) is 0 Å². The molecule has 0 saturated carbocycles. The molecule has 0 aliphatic rings. The lowest BCUT2D eigenvalue weighted by molar-refractivity contribution is -0.121. The third-order valence-electron chi connectivity index (χ3n) is 1.64. The topological polar surface area (TPSA) is 29.1 Å². The van der Waals surface area contributed by atoms with Crippen molar-refractivity contribution in [2.24, 2.45) is 0 Å². The van der Waals surface area contributed by atoms with Crippen LogP contribution in [0.2, 0.25) is 0 Å². The smallest absolute Gasteiger partial charge is 0.220 e. The van der Waals surface area contributed by atoms with Gasteiger partial charge in [0.25, 0.3) is 0 Å². The molecule has 0 atom stereocenters. The molecule has 1 amide bonds. The molecule has 0 aliphatic carbocycles. The first-order chi connectivity index (χ1) is 6.02. The molecule has 1 N–H and O–H groups in total. The van der Waals surface area contributed by atoms with E-state index in [4.69, 9.17) is 0 Å². The monoisotopic (exact) mass is 221 g/mol. The van der Waals surface area contributed by atoms with Gasteiger partial charge in [0.2, 0.25) is 5.91 Å². The molecule has 0 aromatic rings. The Morgan fingerprint density at radius 3 is 2.54 bits per heavy atom. The lowest BCUT2D eigenvalue weighted by atomic mass is 10.1. The van der Waals surface area contributed by atoms with E-state index in [0.717, 1.165) is 13.0 Å². The second-order valence-electron chi connectivity index (χ2n) is 3.46. The maximum absolute atomic E-state index is 11.2. The average molecular weight is 221 g/mol. The minimum Gasteiger partial charge on any atom is -0.356 e. The van der Waals surface area contributed by atoms with E-state index in [2.05, 4.69) is 25.4 Å². The lowest BCUT2D eigenvalue weighted by Crippen LogP contribution is -2.25. The zero-order valence-corrected chi connectivity index (χ0v) is 10.5. The van der Waals surface area contributed by atoms with Gasteiger partial charge in [0.05, 0.1) is 0 Å². The van der Waals surface area contributed by atoms with Crippen molar-refractivity contribution in [2.45, 2.75) is 38.4 Å². The molecular weight excluding hydrogens is 202 g/mol. The van der Waals surface area contributed by atoms with Crippen LogP contribution in [0.3, 0.4) is 0 Å². The molecule has 2 nitrogen and oxygen atoms in total. The van der Waals surface area contributed by atoms with Gasteiger partial charge in [-0.15, -0.1) is 0 Å². The fraction of sp³-hybridized carbons (Fsp3) is 0.889. The van der Waals surface area contributed by atoms with Crippen molar-refractivity contribution >= 4 is 27.5 Å². The van der Waals surface area contributed by atoms with Crippen LogP contribution < -0.4 is 5.32 Å². The zero-order valence-electron chi connectivity index (χ0n) is 8.85. The van der Waals surface area contributed by atoms with E-state index in [0.29, 0.717) is 6.42 Å². The van der Waals surface area contributed by atoms with Gasteiger partial charge in [-0.3, -0.25) is 4.79 Å². The molecule has 0 aliphatic heterocycles. The lowest BCUT2D eigenvalue weighted by Gasteiger charge is -2.21. The molecule has 0 fully saturated rings. The van der Waals surface area contributed by atoms with E-state index >= 15 is 0 Å². The minimum absolute atomic E-state index is 0.164. The highest BCUT2D eigenvalue weighted by molar-refractivity contribution is 8.76. The third-order valence-corrected chi connectivity index (χ3v) is 4.31. The van der Waals surface area contributed by atoms with Crippen molar-refractivity contribution in [3.8, 4) is 0 Å². The standard InChI is InChI=1S/C9H19NOS2/c1-5-10-8(11)6-7-9(2,3)13-12-4/h5-7H2,1-4H3,(H,10,11). The molecule has 0 aromatic carbocycles. The molecular formula is C9H19NOS2. The number of hydrogen-bond donors (Lipinski definition) is 1. The van der Waals surface area contributed by atoms with Crippen molar-refractivity contribution in [3.63, 3.8) is 0 Å². The quantitative estimate of drug-likeness (QED) is 0.699. The van der Waals surface area contributed by atoms with Gasteiger partial charge in [-0.05, 0) is 33.4 Å². The van der Waals surface area contributed by atoms with Crippen molar-refractivity contribution in [1.82, 2.24) is 5.32 Å². The van der Waals surface area contributed by atoms with Gasteiger partial charge in [-0.25, -0.2) is 0 Å². The molecule has 0 saturated heterocycles. The Morgan fingerprint density at radius 2 is 2.08 bits per heavy atom. The summed E-state index contributed by atoms with van der Waals surface area (Å²) in [4.78, 5) is 11.2. The molecule has 0 radical (unpaired) electrons. The zero-order chi connectivity index (χ0) is 10.3. The average Bonchev–Trinajstić information content (AvgIpc) is 2.02. The van der Waals surface area contributed by atoms with Gasteiger partial charge in [0.15, 0.2) is 0 Å². The summed E-state index contributed by atoms with van der Waals surface area (Å²) < 4.78 is 0.199. The maximum Gasteiger partial charge on any atom is 0.220 e. The summed E-state index contributed by atoms with van der Waals surface area (Å²) >= 11 is 0. The highest BCUT2D eigenvalue weighted by atomic mass is 33.1. The van der Waals surface area contributed by atoms with Crippen LogP contribution in [-0.2, 0) is 4.79 Å². The summed E-state index contributed by atoms with van der Waals surface area (Å²) in [6, 6.07) is 0. The number of hydrogen-bond acceptors (Lipinski definition) is 3. The van der Waals surface area contributed by atoms with Crippen LogP contribution in [0.5, 0.6) is 0 Å². The van der Waals surface area contributed by atoms with E-state index in [-0.39, 0.29) is 10.7 Å². The van der Waals surface area contributed by atoms with Gasteiger partial charge in [-0.1, -0.05) is 21.6 Å². The van der Waals surface area contributed by atoms with Crippen molar-refractivity contribution < 1.29 is 4.79 Å². The van der Waals surface area contributed by atoms with Crippen molar-refractivity contribution in [3.05, 3.63) is 0 Å². The molecule has 0 heterocycles. The molecule has 13 heavy (non-hydrogen) atoms. The normalized spacial score (nSPS) is 11.4. The number of carbonyl (C=O) groups excluding carboxylic acids is 1. The predicted molar refractivity (Wildman–Crippen MR) is 63.1 cm³/mol. The van der Waals surface area contributed by atoms with Gasteiger partial charge in [-0.2, -0.15) is 0 Å². The first-order valence-electron chi connectivity index (χ1n) is 4.50. The fourth-order valence-electron chi connectivity index (χ4n) is 0.967. The Bertz CT molecular complexity index is 160. The third kappa shape index (κ3) is 7.26. The summed E-state index contributed by atoms with van der Waals surface area (Å²) in [5.74, 6) is 0.164. The van der Waals surface area contributed by atoms with E-state index in [1.54, 1.807) is 10.8 Å². The number of nitrogens with one attached hydrogen (secondary N) is 1. The summed E-state index contributed by atoms with van der Waals surface area (Å²) in [5.41, 5.74) is 0. The van der Waals surface area contributed by atoms with E-state index in [9.17, 15) is 4.79 Å². The van der Waals surface area contributed by atoms with E-state index in [1.807, 2.05) is 17.7 Å². The molecule has 0 spiro atoms. The molecule has 0 rings (SSSR count).